The van der Waals surface area contributed by atoms with Crippen LogP contribution in [0.15, 0.2) is 18.2 Å². The summed E-state index contributed by atoms with van der Waals surface area (Å²) in [6.45, 7) is 4.30. The van der Waals surface area contributed by atoms with Gasteiger partial charge in [0.1, 0.15) is 18.1 Å². The number of carbonyl (C=O) groups is 2. The molecule has 2 atom stereocenters. The third-order valence-corrected chi connectivity index (χ3v) is 6.49. The van der Waals surface area contributed by atoms with Crippen molar-refractivity contribution in [2.24, 2.45) is 0 Å². The Balaban J connectivity index is 1.36. The Morgan fingerprint density at radius 2 is 2.00 bits per heavy atom. The van der Waals surface area contributed by atoms with Crippen molar-refractivity contribution in [2.75, 3.05) is 32.8 Å². The molecule has 2 fully saturated rings. The predicted molar refractivity (Wildman–Crippen MR) is 112 cm³/mol. The number of amides is 2. The van der Waals surface area contributed by atoms with Crippen LogP contribution in [0.3, 0.4) is 0 Å². The third kappa shape index (κ3) is 4.20. The van der Waals surface area contributed by atoms with Crippen molar-refractivity contribution in [2.45, 2.75) is 44.7 Å². The molecule has 0 unspecified atom stereocenters. The van der Waals surface area contributed by atoms with Gasteiger partial charge in [-0.1, -0.05) is 6.07 Å². The minimum absolute atomic E-state index is 0.0747. The molecule has 0 bridgehead atoms. The third-order valence-electron chi connectivity index (χ3n) is 6.49. The van der Waals surface area contributed by atoms with Crippen molar-refractivity contribution in [1.29, 1.82) is 0 Å². The Kier molecular flexibility index (Phi) is 6.06. The van der Waals surface area contributed by atoms with Crippen LogP contribution >= 0.6 is 0 Å². The molecule has 1 aromatic carbocycles. The second kappa shape index (κ2) is 8.73. The van der Waals surface area contributed by atoms with Crippen LogP contribution in [0.2, 0.25) is 0 Å². The highest BCUT2D eigenvalue weighted by molar-refractivity contribution is 5.99. The summed E-state index contributed by atoms with van der Waals surface area (Å²) in [6, 6.07) is 5.16. The summed E-state index contributed by atoms with van der Waals surface area (Å²) >= 11 is 0. The van der Waals surface area contributed by atoms with E-state index in [0.717, 1.165) is 44.3 Å². The molecule has 1 saturated carbocycles. The maximum absolute atomic E-state index is 14.1. The van der Waals surface area contributed by atoms with E-state index >= 15 is 0 Å². The van der Waals surface area contributed by atoms with Crippen LogP contribution in [0.25, 0.3) is 10.9 Å². The zero-order chi connectivity index (χ0) is 21.3. The van der Waals surface area contributed by atoms with Gasteiger partial charge in [0.25, 0.3) is 5.91 Å². The monoisotopic (exact) mass is 416 g/mol. The van der Waals surface area contributed by atoms with Crippen LogP contribution in [0, 0.1) is 12.7 Å². The highest BCUT2D eigenvalue weighted by Crippen LogP contribution is 2.26. The minimum Gasteiger partial charge on any atom is -0.387 e. The van der Waals surface area contributed by atoms with Crippen LogP contribution in [-0.2, 0) is 4.79 Å². The number of aryl methyl sites for hydroxylation is 1. The molecule has 0 radical (unpaired) electrons. The van der Waals surface area contributed by atoms with Crippen molar-refractivity contribution in [3.8, 4) is 0 Å². The Hall–Kier alpha value is -2.45. The predicted octanol–water partition coefficient (Wildman–Crippen LogP) is 1.79. The van der Waals surface area contributed by atoms with E-state index in [1.54, 1.807) is 17.0 Å². The van der Waals surface area contributed by atoms with E-state index in [0.29, 0.717) is 35.7 Å². The van der Waals surface area contributed by atoms with E-state index in [4.69, 9.17) is 5.11 Å². The summed E-state index contributed by atoms with van der Waals surface area (Å²) in [6.07, 6.45) is 3.91. The van der Waals surface area contributed by atoms with Gasteiger partial charge in [0.15, 0.2) is 0 Å². The molecule has 1 aliphatic carbocycles. The van der Waals surface area contributed by atoms with Gasteiger partial charge in [-0.3, -0.25) is 14.5 Å². The number of hydrogen-bond donors (Lipinski definition) is 3. The number of aliphatic hydroxyl groups excluding tert-OH is 1. The molecule has 7 nitrogen and oxygen atoms in total. The zero-order valence-electron chi connectivity index (χ0n) is 17.3. The summed E-state index contributed by atoms with van der Waals surface area (Å²) in [4.78, 5) is 31.6. The number of H-pyrrole nitrogens is 1. The number of carbonyl (C=O) groups excluding carboxylic acids is 2. The normalized spacial score (nSPS) is 23.0. The van der Waals surface area contributed by atoms with E-state index < -0.39 is 6.61 Å². The number of hydrogen-bond acceptors (Lipinski definition) is 4. The van der Waals surface area contributed by atoms with Gasteiger partial charge in [-0.05, 0) is 50.3 Å². The molecule has 3 N–H and O–H groups in total. The minimum atomic E-state index is -0.436. The lowest BCUT2D eigenvalue weighted by molar-refractivity contribution is -0.136. The van der Waals surface area contributed by atoms with Crippen molar-refractivity contribution in [3.05, 3.63) is 35.3 Å². The average molecular weight is 416 g/mol. The van der Waals surface area contributed by atoms with Gasteiger partial charge in [-0.2, -0.15) is 0 Å². The molecular formula is C22H29FN4O3. The topological polar surface area (TPSA) is 88.7 Å². The van der Waals surface area contributed by atoms with Crippen molar-refractivity contribution in [1.82, 2.24) is 20.1 Å². The lowest BCUT2D eigenvalue weighted by Crippen LogP contribution is -2.54. The van der Waals surface area contributed by atoms with Crippen LogP contribution in [0.1, 0.15) is 41.7 Å². The molecule has 2 amide bonds. The van der Waals surface area contributed by atoms with E-state index in [2.05, 4.69) is 15.2 Å². The van der Waals surface area contributed by atoms with Gasteiger partial charge in [0, 0.05) is 43.6 Å². The van der Waals surface area contributed by atoms with Gasteiger partial charge in [-0.15, -0.1) is 0 Å². The van der Waals surface area contributed by atoms with Crippen molar-refractivity contribution in [3.63, 3.8) is 0 Å². The lowest BCUT2D eigenvalue weighted by Gasteiger charge is -2.42. The highest BCUT2D eigenvalue weighted by Gasteiger charge is 2.31. The molecule has 2 aromatic rings. The van der Waals surface area contributed by atoms with E-state index in [-0.39, 0.29) is 23.7 Å². The van der Waals surface area contributed by atoms with Gasteiger partial charge in [-0.25, -0.2) is 4.39 Å². The summed E-state index contributed by atoms with van der Waals surface area (Å²) in [7, 11) is 0. The first-order valence-electron chi connectivity index (χ1n) is 10.7. The van der Waals surface area contributed by atoms with Crippen LogP contribution in [0.5, 0.6) is 0 Å². The highest BCUT2D eigenvalue weighted by atomic mass is 19.1. The summed E-state index contributed by atoms with van der Waals surface area (Å²) in [5.74, 6) is -0.745. The number of piperazine rings is 1. The molecular weight excluding hydrogens is 387 g/mol. The first-order valence-corrected chi connectivity index (χ1v) is 10.7. The number of nitrogens with zero attached hydrogens (tertiary/aromatic N) is 2. The fourth-order valence-corrected chi connectivity index (χ4v) is 4.77. The zero-order valence-corrected chi connectivity index (χ0v) is 17.3. The number of nitrogens with one attached hydrogen (secondary N) is 2. The van der Waals surface area contributed by atoms with E-state index in [1.165, 1.54) is 6.07 Å². The average Bonchev–Trinajstić information content (AvgIpc) is 3.23. The molecule has 8 heteroatoms. The Labute approximate surface area is 175 Å². The molecule has 30 heavy (non-hydrogen) atoms. The fraction of sp³-hybridized carbons (Fsp3) is 0.545. The second-order valence-electron chi connectivity index (χ2n) is 8.40. The van der Waals surface area contributed by atoms with E-state index in [9.17, 15) is 14.0 Å². The van der Waals surface area contributed by atoms with Crippen molar-refractivity contribution >= 4 is 22.7 Å². The first kappa shape index (κ1) is 20.8. The standard InChI is InChI=1S/C22H29FN4O3/c1-14-5-6-18(23)17-12-19(25-21(14)17)22(30)24-15-3-2-4-16(11-15)26-7-9-27(10-8-26)20(29)13-28/h5-6,12,15-16,25,28H,2-4,7-11,13H2,1H3,(H,24,30)/t15-,16+/m1/s1. The smallest absolute Gasteiger partial charge is 0.267 e. The number of rotatable bonds is 4. The molecule has 2 aliphatic rings. The number of benzene rings is 1. The maximum atomic E-state index is 14.1. The second-order valence-corrected chi connectivity index (χ2v) is 8.40. The van der Waals surface area contributed by atoms with Crippen LogP contribution in [-0.4, -0.2) is 76.6 Å². The molecule has 1 aromatic heterocycles. The molecule has 162 valence electrons. The molecule has 1 aliphatic heterocycles. The Morgan fingerprint density at radius 3 is 2.70 bits per heavy atom. The fourth-order valence-electron chi connectivity index (χ4n) is 4.77. The molecule has 2 heterocycles. The SMILES string of the molecule is Cc1ccc(F)c2cc(C(=O)N[C@@H]3CCC[C@H](N4CCN(C(=O)CO)CC4)C3)[nH]c12. The van der Waals surface area contributed by atoms with Crippen molar-refractivity contribution < 1.29 is 19.1 Å². The molecule has 1 saturated heterocycles. The van der Waals surface area contributed by atoms with Gasteiger partial charge in [0.2, 0.25) is 5.91 Å². The van der Waals surface area contributed by atoms with Gasteiger partial charge < -0.3 is 20.3 Å². The van der Waals surface area contributed by atoms with E-state index in [1.807, 2.05) is 6.92 Å². The number of aliphatic hydroxyl groups is 1. The Bertz CT molecular complexity index is 897. The number of fused-ring (bicyclic) bond motifs is 1. The summed E-state index contributed by atoms with van der Waals surface area (Å²) in [5.41, 5.74) is 1.95. The lowest BCUT2D eigenvalue weighted by atomic mass is 9.89. The first-order chi connectivity index (χ1) is 14.5. The summed E-state index contributed by atoms with van der Waals surface area (Å²) < 4.78 is 14.1. The van der Waals surface area contributed by atoms with Gasteiger partial charge >= 0.3 is 0 Å². The Morgan fingerprint density at radius 1 is 1.23 bits per heavy atom. The number of aromatic nitrogens is 1. The number of halogens is 1. The van der Waals surface area contributed by atoms with Crippen LogP contribution in [0.4, 0.5) is 4.39 Å². The molecule has 0 spiro atoms. The number of aromatic amines is 1. The molecule has 4 rings (SSSR count). The quantitative estimate of drug-likeness (QED) is 0.709. The van der Waals surface area contributed by atoms with Gasteiger partial charge in [0.05, 0.1) is 5.52 Å². The van der Waals surface area contributed by atoms with Crippen LogP contribution < -0.4 is 5.32 Å². The summed E-state index contributed by atoms with van der Waals surface area (Å²) in [5, 5.41) is 12.6. The largest absolute Gasteiger partial charge is 0.387 e. The maximum Gasteiger partial charge on any atom is 0.267 e.